The third-order valence-electron chi connectivity index (χ3n) is 5.79. The van der Waals surface area contributed by atoms with Gasteiger partial charge in [0.25, 0.3) is 0 Å². The molecule has 2 heterocycles. The van der Waals surface area contributed by atoms with E-state index in [1.807, 2.05) is 69.0 Å². The van der Waals surface area contributed by atoms with E-state index >= 15 is 0 Å². The highest BCUT2D eigenvalue weighted by Crippen LogP contribution is 2.33. The first kappa shape index (κ1) is 24.0. The van der Waals surface area contributed by atoms with Crippen LogP contribution in [0, 0.1) is 0 Å². The first-order chi connectivity index (χ1) is 16.4. The van der Waals surface area contributed by atoms with Gasteiger partial charge >= 0.3 is 0 Å². The number of amides is 1. The van der Waals surface area contributed by atoms with Crippen LogP contribution in [-0.4, -0.2) is 48.4 Å². The number of fused-ring (bicyclic) bond motifs is 1. The lowest BCUT2D eigenvalue weighted by Gasteiger charge is -2.30. The zero-order valence-corrected chi connectivity index (χ0v) is 21.2. The SMILES string of the molecule is CCn1c(SCC(=O)N(C(C)C)C(C)C)nnc1-c1cc(-c2ccccc2)nc2ccccc12. The van der Waals surface area contributed by atoms with E-state index in [0.29, 0.717) is 12.3 Å². The Kier molecular flexibility index (Phi) is 7.32. The number of pyridine rings is 1. The van der Waals surface area contributed by atoms with E-state index in [2.05, 4.69) is 46.0 Å². The van der Waals surface area contributed by atoms with Crippen LogP contribution in [0.15, 0.2) is 65.8 Å². The summed E-state index contributed by atoms with van der Waals surface area (Å²) in [5.41, 5.74) is 3.86. The van der Waals surface area contributed by atoms with Crippen molar-refractivity contribution < 1.29 is 4.79 Å². The third-order valence-corrected chi connectivity index (χ3v) is 6.74. The molecule has 176 valence electrons. The van der Waals surface area contributed by atoms with Gasteiger partial charge in [0.2, 0.25) is 5.91 Å². The maximum absolute atomic E-state index is 12.9. The van der Waals surface area contributed by atoms with Gasteiger partial charge in [-0.1, -0.05) is 60.3 Å². The summed E-state index contributed by atoms with van der Waals surface area (Å²) in [6.07, 6.45) is 0. The molecule has 2 aromatic heterocycles. The fourth-order valence-electron chi connectivity index (χ4n) is 4.37. The highest BCUT2D eigenvalue weighted by molar-refractivity contribution is 7.99. The fraction of sp³-hybridized carbons (Fsp3) is 0.333. The van der Waals surface area contributed by atoms with Gasteiger partial charge < -0.3 is 9.47 Å². The highest BCUT2D eigenvalue weighted by Gasteiger charge is 2.22. The van der Waals surface area contributed by atoms with Gasteiger partial charge in [-0.2, -0.15) is 0 Å². The van der Waals surface area contributed by atoms with Gasteiger partial charge in [-0.05, 0) is 46.8 Å². The predicted octanol–water partition coefficient (Wildman–Crippen LogP) is 5.92. The molecule has 0 saturated carbocycles. The quantitative estimate of drug-likeness (QED) is 0.297. The Hall–Kier alpha value is -3.19. The first-order valence-corrected chi connectivity index (χ1v) is 12.7. The second-order valence-corrected chi connectivity index (χ2v) is 9.71. The minimum Gasteiger partial charge on any atom is -0.337 e. The zero-order chi connectivity index (χ0) is 24.2. The summed E-state index contributed by atoms with van der Waals surface area (Å²) in [6.45, 7) is 11.0. The molecular weight excluding hydrogens is 442 g/mol. The Morgan fingerprint density at radius 2 is 1.65 bits per heavy atom. The van der Waals surface area contributed by atoms with E-state index < -0.39 is 0 Å². The Morgan fingerprint density at radius 1 is 0.971 bits per heavy atom. The van der Waals surface area contributed by atoms with E-state index in [9.17, 15) is 4.79 Å². The van der Waals surface area contributed by atoms with Crippen LogP contribution in [0.1, 0.15) is 34.6 Å². The maximum atomic E-state index is 12.9. The monoisotopic (exact) mass is 473 g/mol. The van der Waals surface area contributed by atoms with Crippen LogP contribution in [0.4, 0.5) is 0 Å². The van der Waals surface area contributed by atoms with Gasteiger partial charge in [0, 0.05) is 35.1 Å². The van der Waals surface area contributed by atoms with E-state index in [1.54, 1.807) is 0 Å². The van der Waals surface area contributed by atoms with Crippen molar-refractivity contribution in [3.05, 3.63) is 60.7 Å². The molecule has 0 radical (unpaired) electrons. The lowest BCUT2D eigenvalue weighted by Crippen LogP contribution is -2.43. The van der Waals surface area contributed by atoms with Crippen LogP contribution in [0.2, 0.25) is 0 Å². The van der Waals surface area contributed by atoms with Crippen molar-refractivity contribution in [1.29, 1.82) is 0 Å². The molecule has 2 aromatic carbocycles. The normalized spacial score (nSPS) is 11.5. The zero-order valence-electron chi connectivity index (χ0n) is 20.4. The summed E-state index contributed by atoms with van der Waals surface area (Å²) in [6, 6.07) is 20.7. The van der Waals surface area contributed by atoms with E-state index in [4.69, 9.17) is 4.98 Å². The topological polar surface area (TPSA) is 63.9 Å². The fourth-order valence-corrected chi connectivity index (χ4v) is 5.24. The molecule has 0 unspecified atom stereocenters. The molecule has 0 spiro atoms. The Labute approximate surface area is 205 Å². The van der Waals surface area contributed by atoms with E-state index in [-0.39, 0.29) is 18.0 Å². The van der Waals surface area contributed by atoms with Crippen molar-refractivity contribution in [3.63, 3.8) is 0 Å². The van der Waals surface area contributed by atoms with E-state index in [1.165, 1.54) is 11.8 Å². The van der Waals surface area contributed by atoms with Gasteiger partial charge in [0.15, 0.2) is 11.0 Å². The Bertz CT molecular complexity index is 1270. The molecule has 0 fully saturated rings. The summed E-state index contributed by atoms with van der Waals surface area (Å²) in [4.78, 5) is 19.7. The first-order valence-electron chi connectivity index (χ1n) is 11.7. The lowest BCUT2D eigenvalue weighted by atomic mass is 10.0. The van der Waals surface area contributed by atoms with Crippen LogP contribution in [-0.2, 0) is 11.3 Å². The molecule has 0 bridgehead atoms. The molecule has 0 N–H and O–H groups in total. The number of para-hydroxylation sites is 1. The second-order valence-electron chi connectivity index (χ2n) is 8.77. The molecule has 4 aromatic rings. The smallest absolute Gasteiger partial charge is 0.233 e. The molecule has 4 rings (SSSR count). The van der Waals surface area contributed by atoms with E-state index in [0.717, 1.165) is 38.7 Å². The number of thioether (sulfide) groups is 1. The van der Waals surface area contributed by atoms with Crippen molar-refractivity contribution in [2.45, 2.75) is 58.4 Å². The molecule has 34 heavy (non-hydrogen) atoms. The number of carbonyl (C=O) groups excluding carboxylic acids is 1. The molecule has 6 nitrogen and oxygen atoms in total. The number of rotatable bonds is 8. The minimum absolute atomic E-state index is 0.114. The second kappa shape index (κ2) is 10.4. The van der Waals surface area contributed by atoms with Crippen LogP contribution in [0.5, 0.6) is 0 Å². The standard InChI is InChI=1S/C27H31N5OS/c1-6-31-26(29-30-27(31)34-17-25(33)32(18(2)3)19(4)5)22-16-24(20-12-8-7-9-13-20)28-23-15-11-10-14-21(22)23/h7-16,18-19H,6,17H2,1-5H3. The molecular formula is C27H31N5OS. The van der Waals surface area contributed by atoms with Gasteiger partial charge in [-0.15, -0.1) is 10.2 Å². The van der Waals surface area contributed by atoms with Gasteiger partial charge in [0.05, 0.1) is 17.0 Å². The van der Waals surface area contributed by atoms with Crippen LogP contribution >= 0.6 is 11.8 Å². The molecule has 0 aliphatic rings. The molecule has 0 aliphatic heterocycles. The average molecular weight is 474 g/mol. The summed E-state index contributed by atoms with van der Waals surface area (Å²) in [5.74, 6) is 1.24. The van der Waals surface area contributed by atoms with Crippen LogP contribution in [0.3, 0.4) is 0 Å². The molecule has 1 amide bonds. The Morgan fingerprint density at radius 3 is 2.32 bits per heavy atom. The number of benzene rings is 2. The van der Waals surface area contributed by atoms with Crippen molar-refractivity contribution in [3.8, 4) is 22.6 Å². The number of hydrogen-bond donors (Lipinski definition) is 0. The predicted molar refractivity (Wildman–Crippen MR) is 140 cm³/mol. The Balaban J connectivity index is 1.72. The lowest BCUT2D eigenvalue weighted by molar-refractivity contribution is -0.131. The largest absolute Gasteiger partial charge is 0.337 e. The molecule has 0 saturated heterocycles. The van der Waals surface area contributed by atoms with Crippen molar-refractivity contribution in [1.82, 2.24) is 24.6 Å². The highest BCUT2D eigenvalue weighted by atomic mass is 32.2. The number of hydrogen-bond acceptors (Lipinski definition) is 5. The number of aromatic nitrogens is 4. The van der Waals surface area contributed by atoms with Gasteiger partial charge in [-0.3, -0.25) is 4.79 Å². The van der Waals surface area contributed by atoms with Crippen molar-refractivity contribution in [2.24, 2.45) is 0 Å². The van der Waals surface area contributed by atoms with Crippen molar-refractivity contribution >= 4 is 28.6 Å². The summed E-state index contributed by atoms with van der Waals surface area (Å²) < 4.78 is 2.09. The molecule has 0 aliphatic carbocycles. The third kappa shape index (κ3) is 4.85. The maximum Gasteiger partial charge on any atom is 0.233 e. The van der Waals surface area contributed by atoms with Crippen LogP contribution in [0.25, 0.3) is 33.5 Å². The molecule has 7 heteroatoms. The van der Waals surface area contributed by atoms with Gasteiger partial charge in [-0.25, -0.2) is 4.98 Å². The van der Waals surface area contributed by atoms with Gasteiger partial charge in [0.1, 0.15) is 0 Å². The van der Waals surface area contributed by atoms with Crippen LogP contribution < -0.4 is 0 Å². The number of nitrogens with zero attached hydrogens (tertiary/aromatic N) is 5. The summed E-state index contributed by atoms with van der Waals surface area (Å²) in [5, 5.41) is 10.8. The molecule has 0 atom stereocenters. The summed E-state index contributed by atoms with van der Waals surface area (Å²) >= 11 is 1.45. The van der Waals surface area contributed by atoms with Crippen molar-refractivity contribution in [2.75, 3.05) is 5.75 Å². The average Bonchev–Trinajstić information content (AvgIpc) is 3.24. The minimum atomic E-state index is 0.114. The summed E-state index contributed by atoms with van der Waals surface area (Å²) in [7, 11) is 0. The number of carbonyl (C=O) groups is 1.